The Bertz CT molecular complexity index is 413. The van der Waals surface area contributed by atoms with E-state index in [1.807, 2.05) is 18.2 Å². The van der Waals surface area contributed by atoms with Crippen LogP contribution in [0.4, 0.5) is 0 Å². The summed E-state index contributed by atoms with van der Waals surface area (Å²) in [6.45, 7) is 2.22. The fourth-order valence-electron chi connectivity index (χ4n) is 3.19. The second kappa shape index (κ2) is 4.02. The fourth-order valence-corrected chi connectivity index (χ4v) is 3.19. The molecule has 1 aromatic carbocycles. The lowest BCUT2D eigenvalue weighted by Gasteiger charge is -2.42. The second-order valence-electron chi connectivity index (χ2n) is 5.90. The SMILES string of the molecule is CC1(CC2CCC2)CC(N)c2ccccc2O1. The molecule has 1 aromatic rings. The zero-order valence-electron chi connectivity index (χ0n) is 10.5. The maximum atomic E-state index is 6.28. The monoisotopic (exact) mass is 231 g/mol. The van der Waals surface area contributed by atoms with Crippen molar-refractivity contribution in [3.63, 3.8) is 0 Å². The predicted octanol–water partition coefficient (Wildman–Crippen LogP) is 3.42. The Morgan fingerprint density at radius 2 is 2.12 bits per heavy atom. The molecule has 92 valence electrons. The largest absolute Gasteiger partial charge is 0.487 e. The van der Waals surface area contributed by atoms with Gasteiger partial charge < -0.3 is 10.5 Å². The third-order valence-corrected chi connectivity index (χ3v) is 4.27. The summed E-state index contributed by atoms with van der Waals surface area (Å²) in [6, 6.07) is 8.33. The van der Waals surface area contributed by atoms with Crippen molar-refractivity contribution in [1.29, 1.82) is 0 Å². The van der Waals surface area contributed by atoms with E-state index in [2.05, 4.69) is 13.0 Å². The third-order valence-electron chi connectivity index (χ3n) is 4.27. The Hall–Kier alpha value is -1.02. The molecule has 1 heterocycles. The van der Waals surface area contributed by atoms with Crippen LogP contribution in [0, 0.1) is 5.92 Å². The van der Waals surface area contributed by atoms with Gasteiger partial charge in [-0.2, -0.15) is 0 Å². The van der Waals surface area contributed by atoms with E-state index in [1.54, 1.807) is 0 Å². The van der Waals surface area contributed by atoms with Crippen molar-refractivity contribution in [2.24, 2.45) is 11.7 Å². The highest BCUT2D eigenvalue weighted by molar-refractivity contribution is 5.38. The van der Waals surface area contributed by atoms with Gasteiger partial charge in [0.05, 0.1) is 0 Å². The van der Waals surface area contributed by atoms with Gasteiger partial charge in [-0.25, -0.2) is 0 Å². The molecule has 2 unspecified atom stereocenters. The number of ether oxygens (including phenoxy) is 1. The summed E-state index contributed by atoms with van der Waals surface area (Å²) in [5.74, 6) is 1.85. The fraction of sp³-hybridized carbons (Fsp3) is 0.600. The number of para-hydroxylation sites is 1. The summed E-state index contributed by atoms with van der Waals surface area (Å²) in [6.07, 6.45) is 6.24. The Labute approximate surface area is 103 Å². The summed E-state index contributed by atoms with van der Waals surface area (Å²) >= 11 is 0. The first-order chi connectivity index (χ1) is 8.16. The number of fused-ring (bicyclic) bond motifs is 1. The van der Waals surface area contributed by atoms with Crippen molar-refractivity contribution in [2.45, 2.75) is 50.7 Å². The molecule has 1 aliphatic carbocycles. The molecule has 0 radical (unpaired) electrons. The van der Waals surface area contributed by atoms with E-state index in [9.17, 15) is 0 Å². The first-order valence-corrected chi connectivity index (χ1v) is 6.70. The molecule has 1 saturated carbocycles. The minimum atomic E-state index is -0.0567. The third kappa shape index (κ3) is 2.06. The first kappa shape index (κ1) is 11.1. The summed E-state index contributed by atoms with van der Waals surface area (Å²) in [7, 11) is 0. The number of nitrogens with two attached hydrogens (primary N) is 1. The lowest BCUT2D eigenvalue weighted by Crippen LogP contribution is -2.42. The van der Waals surface area contributed by atoms with Crippen LogP contribution in [-0.2, 0) is 0 Å². The highest BCUT2D eigenvalue weighted by Crippen LogP contribution is 2.44. The normalized spacial score (nSPS) is 32.5. The lowest BCUT2D eigenvalue weighted by molar-refractivity contribution is 0.0171. The van der Waals surface area contributed by atoms with Gasteiger partial charge in [0.25, 0.3) is 0 Å². The molecule has 0 saturated heterocycles. The van der Waals surface area contributed by atoms with Crippen LogP contribution in [0.2, 0.25) is 0 Å². The van der Waals surface area contributed by atoms with Crippen LogP contribution in [-0.4, -0.2) is 5.60 Å². The standard InChI is InChI=1S/C15H21NO/c1-15(9-11-5-4-6-11)10-13(16)12-7-2-3-8-14(12)17-15/h2-3,7-8,11,13H,4-6,9-10,16H2,1H3. The summed E-state index contributed by atoms with van der Waals surface area (Å²) in [5.41, 5.74) is 7.39. The van der Waals surface area contributed by atoms with Gasteiger partial charge in [0, 0.05) is 18.0 Å². The van der Waals surface area contributed by atoms with Crippen molar-refractivity contribution in [1.82, 2.24) is 0 Å². The molecule has 3 rings (SSSR count). The average Bonchev–Trinajstić information content (AvgIpc) is 2.24. The Morgan fingerprint density at radius 3 is 2.82 bits per heavy atom. The molecule has 1 aliphatic heterocycles. The Kier molecular flexibility index (Phi) is 2.62. The van der Waals surface area contributed by atoms with E-state index < -0.39 is 0 Å². The molecular weight excluding hydrogens is 210 g/mol. The van der Waals surface area contributed by atoms with Gasteiger partial charge in [-0.05, 0) is 25.3 Å². The average molecular weight is 231 g/mol. The van der Waals surface area contributed by atoms with Crippen molar-refractivity contribution >= 4 is 0 Å². The van der Waals surface area contributed by atoms with Crippen molar-refractivity contribution < 1.29 is 4.74 Å². The summed E-state index contributed by atoms with van der Waals surface area (Å²) in [5, 5.41) is 0. The van der Waals surface area contributed by atoms with Gasteiger partial charge in [-0.3, -0.25) is 0 Å². The van der Waals surface area contributed by atoms with Crippen LogP contribution < -0.4 is 10.5 Å². The van der Waals surface area contributed by atoms with Crippen LogP contribution in [0.15, 0.2) is 24.3 Å². The van der Waals surface area contributed by atoms with Crippen LogP contribution in [0.5, 0.6) is 5.75 Å². The van der Waals surface area contributed by atoms with Crippen LogP contribution in [0.1, 0.15) is 50.6 Å². The topological polar surface area (TPSA) is 35.2 Å². The Morgan fingerprint density at radius 1 is 1.35 bits per heavy atom. The van der Waals surface area contributed by atoms with Gasteiger partial charge in [0.2, 0.25) is 0 Å². The van der Waals surface area contributed by atoms with E-state index >= 15 is 0 Å². The van der Waals surface area contributed by atoms with Crippen molar-refractivity contribution in [3.05, 3.63) is 29.8 Å². The van der Waals surface area contributed by atoms with Crippen molar-refractivity contribution in [3.8, 4) is 5.75 Å². The van der Waals surface area contributed by atoms with E-state index in [-0.39, 0.29) is 11.6 Å². The van der Waals surface area contributed by atoms with E-state index in [4.69, 9.17) is 10.5 Å². The maximum absolute atomic E-state index is 6.28. The van der Waals surface area contributed by atoms with E-state index in [1.165, 1.54) is 24.8 Å². The van der Waals surface area contributed by atoms with Gasteiger partial charge >= 0.3 is 0 Å². The molecule has 0 spiro atoms. The molecule has 0 aromatic heterocycles. The summed E-state index contributed by atoms with van der Waals surface area (Å²) < 4.78 is 6.22. The van der Waals surface area contributed by atoms with Crippen molar-refractivity contribution in [2.75, 3.05) is 0 Å². The molecule has 2 heteroatoms. The van der Waals surface area contributed by atoms with Gasteiger partial charge in [0.15, 0.2) is 0 Å². The van der Waals surface area contributed by atoms with Gasteiger partial charge in [-0.1, -0.05) is 37.5 Å². The maximum Gasteiger partial charge on any atom is 0.124 e. The molecule has 17 heavy (non-hydrogen) atoms. The first-order valence-electron chi connectivity index (χ1n) is 6.70. The zero-order valence-corrected chi connectivity index (χ0v) is 10.5. The van der Waals surface area contributed by atoms with E-state index in [0.717, 1.165) is 24.5 Å². The number of hydrogen-bond donors (Lipinski definition) is 1. The van der Waals surface area contributed by atoms with Crippen LogP contribution >= 0.6 is 0 Å². The van der Waals surface area contributed by atoms with Gasteiger partial charge in [-0.15, -0.1) is 0 Å². The second-order valence-corrected chi connectivity index (χ2v) is 5.90. The Balaban J connectivity index is 1.81. The highest BCUT2D eigenvalue weighted by atomic mass is 16.5. The van der Waals surface area contributed by atoms with E-state index in [0.29, 0.717) is 0 Å². The molecule has 1 fully saturated rings. The quantitative estimate of drug-likeness (QED) is 0.846. The number of hydrogen-bond acceptors (Lipinski definition) is 2. The summed E-state index contributed by atoms with van der Waals surface area (Å²) in [4.78, 5) is 0. The van der Waals surface area contributed by atoms with Gasteiger partial charge in [0.1, 0.15) is 11.4 Å². The van der Waals surface area contributed by atoms with Crippen LogP contribution in [0.3, 0.4) is 0 Å². The molecule has 0 bridgehead atoms. The predicted molar refractivity (Wildman–Crippen MR) is 69.0 cm³/mol. The highest BCUT2D eigenvalue weighted by Gasteiger charge is 2.38. The minimum Gasteiger partial charge on any atom is -0.487 e. The molecule has 0 amide bonds. The number of rotatable bonds is 2. The minimum absolute atomic E-state index is 0.0567. The molecule has 2 N–H and O–H groups in total. The molecular formula is C15H21NO. The van der Waals surface area contributed by atoms with Crippen LogP contribution in [0.25, 0.3) is 0 Å². The zero-order chi connectivity index (χ0) is 11.9. The smallest absolute Gasteiger partial charge is 0.124 e. The molecule has 2 atom stereocenters. The molecule has 2 aliphatic rings. The number of benzene rings is 1. The lowest BCUT2D eigenvalue weighted by atomic mass is 9.74. The molecule has 2 nitrogen and oxygen atoms in total.